The van der Waals surface area contributed by atoms with Gasteiger partial charge in [-0.2, -0.15) is 26.3 Å². The summed E-state index contributed by atoms with van der Waals surface area (Å²) in [6, 6.07) is 8.19. The van der Waals surface area contributed by atoms with Crippen molar-refractivity contribution in [3.8, 4) is 23.0 Å². The average molecular weight is 550 g/mol. The third kappa shape index (κ3) is 4.03. The predicted molar refractivity (Wildman–Crippen MR) is 123 cm³/mol. The minimum absolute atomic E-state index is 0.00949. The fourth-order valence-electron chi connectivity index (χ4n) is 6.27. The molecule has 4 atom stereocenters. The zero-order valence-corrected chi connectivity index (χ0v) is 20.8. The Hall–Kier alpha value is -2.86. The van der Waals surface area contributed by atoms with Gasteiger partial charge in [-0.05, 0) is 49.6 Å². The van der Waals surface area contributed by atoms with Gasteiger partial charge in [0, 0.05) is 23.5 Å². The van der Waals surface area contributed by atoms with Crippen LogP contribution in [0.4, 0.5) is 26.3 Å². The lowest BCUT2D eigenvalue weighted by Crippen LogP contribution is -2.73. The largest absolute Gasteiger partial charge is 0.497 e. The predicted octanol–water partition coefficient (Wildman–Crippen LogP) is 5.36. The van der Waals surface area contributed by atoms with Crippen molar-refractivity contribution in [2.24, 2.45) is 5.41 Å². The summed E-state index contributed by atoms with van der Waals surface area (Å²) in [5, 5.41) is 22.4. The lowest BCUT2D eigenvalue weighted by Gasteiger charge is -2.58. The Kier molecular flexibility index (Phi) is 7.19. The summed E-state index contributed by atoms with van der Waals surface area (Å²) in [5.74, 6) is -2.82. The summed E-state index contributed by atoms with van der Waals surface area (Å²) in [7, 11) is 2.65. The number of aliphatic hydroxyl groups excluding tert-OH is 1. The van der Waals surface area contributed by atoms with Gasteiger partial charge in [-0.25, -0.2) is 0 Å². The molecule has 0 bridgehead atoms. The fraction of sp³-hybridized carbons (Fsp3) is 0.538. The van der Waals surface area contributed by atoms with Crippen LogP contribution < -0.4 is 18.9 Å². The van der Waals surface area contributed by atoms with Gasteiger partial charge in [0.05, 0.1) is 39.0 Å². The van der Waals surface area contributed by atoms with E-state index in [0.717, 1.165) is 6.92 Å². The maximum atomic E-state index is 14.8. The van der Waals surface area contributed by atoms with Crippen molar-refractivity contribution in [2.45, 2.75) is 55.7 Å². The van der Waals surface area contributed by atoms with Crippen LogP contribution in [-0.4, -0.2) is 61.7 Å². The van der Waals surface area contributed by atoms with Gasteiger partial charge < -0.3 is 29.2 Å². The second-order valence-corrected chi connectivity index (χ2v) is 9.50. The van der Waals surface area contributed by atoms with Crippen molar-refractivity contribution >= 4 is 0 Å². The summed E-state index contributed by atoms with van der Waals surface area (Å²) < 4.78 is 110. The van der Waals surface area contributed by atoms with Crippen LogP contribution in [0.3, 0.4) is 0 Å². The van der Waals surface area contributed by atoms with Gasteiger partial charge in [0.1, 0.15) is 23.0 Å². The summed E-state index contributed by atoms with van der Waals surface area (Å²) in [6.45, 7) is 0.374. The number of ether oxygens (including phenoxy) is 4. The maximum absolute atomic E-state index is 14.8. The van der Waals surface area contributed by atoms with E-state index in [0.29, 0.717) is 0 Å². The van der Waals surface area contributed by atoms with Gasteiger partial charge in [0.25, 0.3) is 5.60 Å². The van der Waals surface area contributed by atoms with Crippen LogP contribution in [0.2, 0.25) is 0 Å². The molecule has 0 amide bonds. The van der Waals surface area contributed by atoms with Crippen LogP contribution in [-0.2, 0) is 0 Å². The minimum Gasteiger partial charge on any atom is -0.497 e. The first-order chi connectivity index (χ1) is 17.7. The van der Waals surface area contributed by atoms with E-state index < -0.39 is 41.3 Å². The molecule has 0 spiro atoms. The van der Waals surface area contributed by atoms with Crippen molar-refractivity contribution in [3.63, 3.8) is 0 Å². The van der Waals surface area contributed by atoms with E-state index in [1.54, 1.807) is 0 Å². The Morgan fingerprint density at radius 1 is 0.789 bits per heavy atom. The Labute approximate surface area is 215 Å². The molecule has 0 saturated heterocycles. The first kappa shape index (κ1) is 28.2. The number of aliphatic hydroxyl groups is 2. The summed E-state index contributed by atoms with van der Waals surface area (Å²) in [4.78, 5) is 0. The lowest BCUT2D eigenvalue weighted by atomic mass is 9.49. The molecule has 0 aromatic heterocycles. The number of alkyl halides is 6. The molecule has 2 aromatic rings. The Morgan fingerprint density at radius 3 is 1.82 bits per heavy atom. The minimum atomic E-state index is -6.22. The molecule has 0 radical (unpaired) electrons. The molecule has 2 aliphatic heterocycles. The van der Waals surface area contributed by atoms with Crippen LogP contribution in [0.15, 0.2) is 36.4 Å². The number of benzene rings is 2. The van der Waals surface area contributed by atoms with E-state index >= 15 is 0 Å². The third-order valence-corrected chi connectivity index (χ3v) is 7.81. The van der Waals surface area contributed by atoms with Gasteiger partial charge in [-0.3, -0.25) is 0 Å². The smallest absolute Gasteiger partial charge is 0.426 e. The van der Waals surface area contributed by atoms with Crippen molar-refractivity contribution < 1.29 is 55.5 Å². The lowest BCUT2D eigenvalue weighted by molar-refractivity contribution is -0.420. The highest BCUT2D eigenvalue weighted by Crippen LogP contribution is 2.68. The van der Waals surface area contributed by atoms with Crippen LogP contribution in [0.25, 0.3) is 0 Å². The first-order valence-electron chi connectivity index (χ1n) is 11.9. The number of hydrogen-bond donors (Lipinski definition) is 2. The van der Waals surface area contributed by atoms with E-state index in [1.807, 2.05) is 0 Å². The maximum Gasteiger partial charge on any atom is 0.426 e. The van der Waals surface area contributed by atoms with Crippen LogP contribution in [0, 0.1) is 5.41 Å². The second-order valence-electron chi connectivity index (χ2n) is 9.50. The molecule has 38 heavy (non-hydrogen) atoms. The van der Waals surface area contributed by atoms with Gasteiger partial charge in [0.2, 0.25) is 0 Å². The van der Waals surface area contributed by atoms with Crippen LogP contribution >= 0.6 is 0 Å². The van der Waals surface area contributed by atoms with Crippen molar-refractivity contribution in [1.82, 2.24) is 0 Å². The van der Waals surface area contributed by atoms with E-state index in [-0.39, 0.29) is 60.2 Å². The number of methoxy groups -OCH3 is 2. The molecule has 0 saturated carbocycles. The summed E-state index contributed by atoms with van der Waals surface area (Å²) in [6.07, 6.45) is -15.4. The SMILES string of the molecule is COc1ccc2c(c1)OCCC2C(C(C)O)(C1CCOc2ccc(OC)cc21)C(O)(C(F)(F)F)C(F)(F)F. The van der Waals surface area contributed by atoms with Gasteiger partial charge in [-0.15, -0.1) is 0 Å². The van der Waals surface area contributed by atoms with E-state index in [2.05, 4.69) is 0 Å². The van der Waals surface area contributed by atoms with Crippen LogP contribution in [0.5, 0.6) is 23.0 Å². The van der Waals surface area contributed by atoms with Gasteiger partial charge >= 0.3 is 12.4 Å². The highest BCUT2D eigenvalue weighted by molar-refractivity contribution is 5.50. The Bertz CT molecular complexity index is 1150. The highest BCUT2D eigenvalue weighted by atomic mass is 19.4. The quantitative estimate of drug-likeness (QED) is 0.472. The molecule has 2 aliphatic rings. The highest BCUT2D eigenvalue weighted by Gasteiger charge is 2.83. The summed E-state index contributed by atoms with van der Waals surface area (Å²) >= 11 is 0. The van der Waals surface area contributed by atoms with Crippen molar-refractivity contribution in [1.29, 1.82) is 0 Å². The van der Waals surface area contributed by atoms with Crippen LogP contribution in [0.1, 0.15) is 42.7 Å². The molecule has 2 heterocycles. The zero-order valence-electron chi connectivity index (χ0n) is 20.8. The number of halogens is 6. The Morgan fingerprint density at radius 2 is 1.29 bits per heavy atom. The molecule has 4 rings (SSSR count). The second kappa shape index (κ2) is 9.71. The molecule has 0 fully saturated rings. The monoisotopic (exact) mass is 550 g/mol. The average Bonchev–Trinajstić information content (AvgIpc) is 2.86. The molecule has 4 unspecified atom stereocenters. The van der Waals surface area contributed by atoms with E-state index in [9.17, 15) is 36.6 Å². The number of hydrogen-bond acceptors (Lipinski definition) is 6. The molecule has 12 heteroatoms. The molecule has 2 aromatic carbocycles. The third-order valence-electron chi connectivity index (χ3n) is 7.81. The van der Waals surface area contributed by atoms with Crippen molar-refractivity contribution in [3.05, 3.63) is 47.5 Å². The molecule has 2 N–H and O–H groups in total. The molecule has 6 nitrogen and oxygen atoms in total. The van der Waals surface area contributed by atoms with E-state index in [4.69, 9.17) is 18.9 Å². The normalized spacial score (nSPS) is 22.2. The van der Waals surface area contributed by atoms with Crippen molar-refractivity contribution in [2.75, 3.05) is 27.4 Å². The van der Waals surface area contributed by atoms with E-state index in [1.165, 1.54) is 50.6 Å². The standard InChI is InChI=1S/C26H28F6O6/c1-14(33)23(24(34,25(27,28)29)26(30,31)32,19-8-11-38-22-13-16(36-3)4-6-17(19)22)20-9-10-37-21-7-5-15(35-2)12-18(20)21/h4-7,12-14,19-20,33-34H,8-11H2,1-3H3. The molecular formula is C26H28F6O6. The summed E-state index contributed by atoms with van der Waals surface area (Å²) in [5.41, 5.74) is -8.64. The first-order valence-corrected chi connectivity index (χ1v) is 11.9. The molecule has 0 aliphatic carbocycles. The molecule has 210 valence electrons. The fourth-order valence-corrected chi connectivity index (χ4v) is 6.27. The zero-order chi connectivity index (χ0) is 28.1. The Balaban J connectivity index is 2.13. The van der Waals surface area contributed by atoms with Gasteiger partial charge in [0.15, 0.2) is 0 Å². The number of fused-ring (bicyclic) bond motifs is 2. The molecular weight excluding hydrogens is 522 g/mol. The van der Waals surface area contributed by atoms with Gasteiger partial charge in [-0.1, -0.05) is 6.07 Å². The number of rotatable bonds is 6. The topological polar surface area (TPSA) is 77.4 Å².